The van der Waals surface area contributed by atoms with Gasteiger partial charge in [0.1, 0.15) is 0 Å². The number of hydrogen-bond acceptors (Lipinski definition) is 4. The quantitative estimate of drug-likeness (QED) is 0.764. The predicted molar refractivity (Wildman–Crippen MR) is 77.7 cm³/mol. The van der Waals surface area contributed by atoms with Crippen molar-refractivity contribution < 1.29 is 9.53 Å². The van der Waals surface area contributed by atoms with E-state index in [-0.39, 0.29) is 0 Å². The molecular weight excluding hydrogens is 266 g/mol. The first kappa shape index (κ1) is 14.8. The monoisotopic (exact) mass is 283 g/mol. The summed E-state index contributed by atoms with van der Waals surface area (Å²) in [4.78, 5) is 15.6. The maximum atomic E-state index is 11.5. The van der Waals surface area contributed by atoms with Gasteiger partial charge in [-0.15, -0.1) is 0 Å². The molecule has 1 aromatic heterocycles. The molecule has 0 radical (unpaired) electrons. The molecule has 0 aliphatic heterocycles. The third kappa shape index (κ3) is 4.18. The zero-order valence-corrected chi connectivity index (χ0v) is 12.0. The summed E-state index contributed by atoms with van der Waals surface area (Å²) in [7, 11) is 0. The zero-order valence-electron chi connectivity index (χ0n) is 12.0. The highest BCUT2D eigenvalue weighted by molar-refractivity contribution is 5.86. The Morgan fingerprint density at radius 1 is 1.33 bits per heavy atom. The number of aryl methyl sites for hydroxylation is 1. The summed E-state index contributed by atoms with van der Waals surface area (Å²) in [5.74, 6) is -0.400. The number of ether oxygens (including phenoxy) is 1. The summed E-state index contributed by atoms with van der Waals surface area (Å²) in [6.45, 7) is 2.75. The Kier molecular flexibility index (Phi) is 5.10. The number of carbonyl (C=O) groups is 1. The van der Waals surface area contributed by atoms with Gasteiger partial charge in [0.05, 0.1) is 19.0 Å². The van der Waals surface area contributed by atoms with Crippen molar-refractivity contribution in [1.82, 2.24) is 9.55 Å². The second-order valence-electron chi connectivity index (χ2n) is 4.63. The van der Waals surface area contributed by atoms with Gasteiger partial charge in [0, 0.05) is 19.2 Å². The van der Waals surface area contributed by atoms with Gasteiger partial charge in [-0.1, -0.05) is 24.3 Å². The second kappa shape index (κ2) is 7.25. The van der Waals surface area contributed by atoms with E-state index in [2.05, 4.69) is 11.1 Å². The van der Waals surface area contributed by atoms with E-state index in [1.165, 1.54) is 0 Å². The van der Waals surface area contributed by atoms with Crippen LogP contribution < -0.4 is 0 Å². The molecule has 1 heterocycles. The van der Waals surface area contributed by atoms with Gasteiger partial charge in [0.25, 0.3) is 0 Å². The summed E-state index contributed by atoms with van der Waals surface area (Å²) in [6.07, 6.45) is 4.61. The van der Waals surface area contributed by atoms with Gasteiger partial charge in [-0.05, 0) is 24.5 Å². The molecule has 0 spiro atoms. The number of rotatable bonds is 6. The lowest BCUT2D eigenvalue weighted by Crippen LogP contribution is -2.05. The van der Waals surface area contributed by atoms with Crippen molar-refractivity contribution in [3.8, 4) is 6.07 Å². The smallest absolute Gasteiger partial charge is 0.358 e. The lowest BCUT2D eigenvalue weighted by atomic mass is 10.1. The van der Waals surface area contributed by atoms with Crippen molar-refractivity contribution in [2.45, 2.75) is 26.3 Å². The van der Waals surface area contributed by atoms with E-state index in [0.29, 0.717) is 25.3 Å². The summed E-state index contributed by atoms with van der Waals surface area (Å²) in [5.41, 5.74) is 2.59. The summed E-state index contributed by atoms with van der Waals surface area (Å²) >= 11 is 0. The largest absolute Gasteiger partial charge is 0.461 e. The molecule has 0 atom stereocenters. The van der Waals surface area contributed by atoms with Crippen molar-refractivity contribution in [2.24, 2.45) is 0 Å². The normalized spacial score (nSPS) is 10.1. The van der Waals surface area contributed by atoms with E-state index in [9.17, 15) is 4.79 Å². The van der Waals surface area contributed by atoms with E-state index in [1.54, 1.807) is 19.4 Å². The van der Waals surface area contributed by atoms with Gasteiger partial charge in [0.15, 0.2) is 5.69 Å². The molecule has 21 heavy (non-hydrogen) atoms. The van der Waals surface area contributed by atoms with Crippen LogP contribution in [0.25, 0.3) is 0 Å². The molecule has 0 N–H and O–H groups in total. The lowest BCUT2D eigenvalue weighted by molar-refractivity contribution is 0.0520. The van der Waals surface area contributed by atoms with Crippen molar-refractivity contribution in [2.75, 3.05) is 6.61 Å². The number of nitriles is 1. The molecule has 0 aliphatic rings. The van der Waals surface area contributed by atoms with Crippen LogP contribution in [-0.2, 0) is 17.7 Å². The van der Waals surface area contributed by atoms with Crippen LogP contribution in [0.15, 0.2) is 36.8 Å². The van der Waals surface area contributed by atoms with E-state index in [0.717, 1.165) is 17.5 Å². The van der Waals surface area contributed by atoms with Crippen molar-refractivity contribution in [1.29, 1.82) is 5.26 Å². The highest BCUT2D eigenvalue weighted by atomic mass is 16.5. The molecule has 5 heteroatoms. The standard InChI is InChI=1S/C16H17N3O2/c1-2-21-16(20)15-11-19(12-18-15)10-14-7-5-13(6-8-14)4-3-9-17/h5-8,11-12H,2-4,10H2,1H3. The van der Waals surface area contributed by atoms with Gasteiger partial charge >= 0.3 is 5.97 Å². The van der Waals surface area contributed by atoms with Crippen LogP contribution in [0.2, 0.25) is 0 Å². The Labute approximate surface area is 123 Å². The zero-order chi connectivity index (χ0) is 15.1. The van der Waals surface area contributed by atoms with Gasteiger partial charge < -0.3 is 9.30 Å². The molecule has 0 bridgehead atoms. The topological polar surface area (TPSA) is 67.9 Å². The highest BCUT2D eigenvalue weighted by Crippen LogP contribution is 2.09. The molecule has 0 saturated heterocycles. The van der Waals surface area contributed by atoms with Crippen LogP contribution in [-0.4, -0.2) is 22.1 Å². The molecule has 1 aromatic carbocycles. The minimum absolute atomic E-state index is 0.322. The molecule has 0 amide bonds. The Morgan fingerprint density at radius 2 is 2.05 bits per heavy atom. The number of hydrogen-bond donors (Lipinski definition) is 0. The first-order valence-corrected chi connectivity index (χ1v) is 6.86. The third-order valence-corrected chi connectivity index (χ3v) is 3.03. The van der Waals surface area contributed by atoms with Gasteiger partial charge in [-0.25, -0.2) is 9.78 Å². The molecule has 0 fully saturated rings. The number of esters is 1. The SMILES string of the molecule is CCOC(=O)c1cn(Cc2ccc(CCC#N)cc2)cn1. The van der Waals surface area contributed by atoms with Crippen molar-refractivity contribution in [3.63, 3.8) is 0 Å². The minimum atomic E-state index is -0.400. The molecule has 108 valence electrons. The fraction of sp³-hybridized carbons (Fsp3) is 0.312. The van der Waals surface area contributed by atoms with Gasteiger partial charge in [0.2, 0.25) is 0 Å². The van der Waals surface area contributed by atoms with Gasteiger partial charge in [-0.3, -0.25) is 0 Å². The Hall–Kier alpha value is -2.61. The van der Waals surface area contributed by atoms with E-state index in [4.69, 9.17) is 10.00 Å². The van der Waals surface area contributed by atoms with Crippen LogP contribution in [0.4, 0.5) is 0 Å². The van der Waals surface area contributed by atoms with E-state index in [1.807, 2.05) is 28.8 Å². The maximum absolute atomic E-state index is 11.5. The highest BCUT2D eigenvalue weighted by Gasteiger charge is 2.09. The molecule has 2 aromatic rings. The molecule has 5 nitrogen and oxygen atoms in total. The number of imidazole rings is 1. The first-order chi connectivity index (χ1) is 10.2. The minimum Gasteiger partial charge on any atom is -0.461 e. The first-order valence-electron chi connectivity index (χ1n) is 6.86. The summed E-state index contributed by atoms with van der Waals surface area (Å²) in [6, 6.07) is 10.2. The molecule has 2 rings (SSSR count). The maximum Gasteiger partial charge on any atom is 0.358 e. The van der Waals surface area contributed by atoms with Crippen molar-refractivity contribution in [3.05, 3.63) is 53.6 Å². The predicted octanol–water partition coefficient (Wildman–Crippen LogP) is 2.56. The average molecular weight is 283 g/mol. The average Bonchev–Trinajstić information content (AvgIpc) is 2.95. The van der Waals surface area contributed by atoms with Crippen molar-refractivity contribution >= 4 is 5.97 Å². The van der Waals surface area contributed by atoms with E-state index < -0.39 is 5.97 Å². The fourth-order valence-corrected chi connectivity index (χ4v) is 1.98. The number of aromatic nitrogens is 2. The molecule has 0 saturated carbocycles. The number of nitrogens with zero attached hydrogens (tertiary/aromatic N) is 3. The number of carbonyl (C=O) groups excluding carboxylic acids is 1. The van der Waals surface area contributed by atoms with Crippen LogP contribution in [0.1, 0.15) is 35.0 Å². The lowest BCUT2D eigenvalue weighted by Gasteiger charge is -2.04. The van der Waals surface area contributed by atoms with Gasteiger partial charge in [-0.2, -0.15) is 5.26 Å². The fourth-order valence-electron chi connectivity index (χ4n) is 1.98. The van der Waals surface area contributed by atoms with Crippen LogP contribution in [0.3, 0.4) is 0 Å². The molecule has 0 aliphatic carbocycles. The number of benzene rings is 1. The Balaban J connectivity index is 1.98. The Bertz CT molecular complexity index is 638. The van der Waals surface area contributed by atoms with E-state index >= 15 is 0 Å². The summed E-state index contributed by atoms with van der Waals surface area (Å²) in [5, 5.41) is 8.56. The second-order valence-corrected chi connectivity index (χ2v) is 4.63. The van der Waals surface area contributed by atoms with Crippen LogP contribution in [0, 0.1) is 11.3 Å². The van der Waals surface area contributed by atoms with Crippen LogP contribution in [0.5, 0.6) is 0 Å². The third-order valence-electron chi connectivity index (χ3n) is 3.03. The Morgan fingerprint density at radius 3 is 2.71 bits per heavy atom. The van der Waals surface area contributed by atoms with Crippen LogP contribution >= 0.6 is 0 Å². The molecule has 0 unspecified atom stereocenters. The summed E-state index contributed by atoms with van der Waals surface area (Å²) < 4.78 is 6.75. The molecular formula is C16H17N3O2.